The molecule has 1 heterocycles. The molecule has 0 spiro atoms. The summed E-state index contributed by atoms with van der Waals surface area (Å²) in [6.45, 7) is 5.69. The van der Waals surface area contributed by atoms with Crippen molar-refractivity contribution in [2.45, 2.75) is 64.8 Å². The summed E-state index contributed by atoms with van der Waals surface area (Å²) < 4.78 is 0. The topological polar surface area (TPSA) is 69.6 Å². The summed E-state index contributed by atoms with van der Waals surface area (Å²) in [4.78, 5) is 25.0. The van der Waals surface area contributed by atoms with Gasteiger partial charge in [0.25, 0.3) is 0 Å². The number of aliphatic carboxylic acids is 1. The zero-order valence-corrected chi connectivity index (χ0v) is 12.7. The van der Waals surface area contributed by atoms with Crippen LogP contribution in [0.15, 0.2) is 0 Å². The number of likely N-dealkylation sites (tertiary alicyclic amines) is 1. The molecule has 1 atom stereocenters. The van der Waals surface area contributed by atoms with E-state index in [1.807, 2.05) is 6.92 Å². The molecule has 2 N–H and O–H groups in total. The number of carboxylic acid groups (broad SMARTS) is 1. The van der Waals surface area contributed by atoms with Crippen LogP contribution in [0.1, 0.15) is 58.8 Å². The lowest BCUT2D eigenvalue weighted by atomic mass is 9.93. The fourth-order valence-corrected chi connectivity index (χ4v) is 2.74. The average Bonchev–Trinajstić information content (AvgIpc) is 2.44. The lowest BCUT2D eigenvalue weighted by Crippen LogP contribution is -2.50. The molecular formula is C15H28N2O3. The summed E-state index contributed by atoms with van der Waals surface area (Å²) in [6, 6.07) is -0.973. The molecular weight excluding hydrogens is 256 g/mol. The van der Waals surface area contributed by atoms with Crippen LogP contribution in [0.25, 0.3) is 0 Å². The van der Waals surface area contributed by atoms with Crippen molar-refractivity contribution in [1.29, 1.82) is 0 Å². The van der Waals surface area contributed by atoms with E-state index in [4.69, 9.17) is 5.11 Å². The number of amides is 2. The smallest absolute Gasteiger partial charge is 0.326 e. The van der Waals surface area contributed by atoms with Crippen molar-refractivity contribution < 1.29 is 14.7 Å². The van der Waals surface area contributed by atoms with Crippen LogP contribution in [0.4, 0.5) is 4.79 Å². The van der Waals surface area contributed by atoms with Crippen LogP contribution < -0.4 is 5.32 Å². The molecule has 0 aliphatic carbocycles. The van der Waals surface area contributed by atoms with Gasteiger partial charge in [-0.2, -0.15) is 0 Å². The van der Waals surface area contributed by atoms with Gasteiger partial charge in [-0.15, -0.1) is 0 Å². The van der Waals surface area contributed by atoms with Crippen LogP contribution in [0.2, 0.25) is 0 Å². The van der Waals surface area contributed by atoms with E-state index < -0.39 is 12.0 Å². The first-order chi connectivity index (χ1) is 9.58. The number of unbranched alkanes of at least 4 members (excludes halogenated alkanes) is 1. The number of piperidine rings is 1. The summed E-state index contributed by atoms with van der Waals surface area (Å²) >= 11 is 0. The Labute approximate surface area is 121 Å². The number of carbonyl (C=O) groups is 2. The minimum absolute atomic E-state index is 0.219. The molecule has 1 aliphatic rings. The Bertz CT molecular complexity index is 312. The molecule has 0 aromatic heterocycles. The Morgan fingerprint density at radius 1 is 1.25 bits per heavy atom. The van der Waals surface area contributed by atoms with E-state index in [1.54, 1.807) is 4.90 Å². The van der Waals surface area contributed by atoms with Gasteiger partial charge in [0.1, 0.15) is 6.04 Å². The maximum absolute atomic E-state index is 12.1. The molecule has 116 valence electrons. The second-order valence-corrected chi connectivity index (χ2v) is 5.70. The number of nitrogens with zero attached hydrogens (tertiary/aromatic N) is 1. The molecule has 0 saturated carbocycles. The Balaban J connectivity index is 2.39. The molecule has 5 nitrogen and oxygen atoms in total. The third kappa shape index (κ3) is 5.39. The molecule has 0 unspecified atom stereocenters. The van der Waals surface area contributed by atoms with Crippen LogP contribution in [0.5, 0.6) is 0 Å². The van der Waals surface area contributed by atoms with E-state index in [9.17, 15) is 9.59 Å². The molecule has 0 aromatic carbocycles. The zero-order valence-electron chi connectivity index (χ0n) is 12.7. The van der Waals surface area contributed by atoms with Gasteiger partial charge in [-0.25, -0.2) is 9.59 Å². The minimum atomic E-state index is -0.937. The molecule has 1 aliphatic heterocycles. The standard InChI is InChI=1S/C15H28N2O3/c1-3-5-7-13(14(18)19)16-15(20)17-10-8-12(6-4-2)9-11-17/h12-13H,3-11H2,1-2H3,(H,16,20)(H,18,19)/t13-/m0/s1. The van der Waals surface area contributed by atoms with Crippen molar-refractivity contribution in [3.63, 3.8) is 0 Å². The molecule has 5 heteroatoms. The number of rotatable bonds is 7. The molecule has 0 aromatic rings. The molecule has 2 amide bonds. The summed E-state index contributed by atoms with van der Waals surface area (Å²) in [6.07, 6.45) is 6.74. The number of urea groups is 1. The van der Waals surface area contributed by atoms with Crippen molar-refractivity contribution in [1.82, 2.24) is 10.2 Å². The molecule has 1 rings (SSSR count). The van der Waals surface area contributed by atoms with Gasteiger partial charge in [0.2, 0.25) is 0 Å². The van der Waals surface area contributed by atoms with E-state index >= 15 is 0 Å². The predicted molar refractivity (Wildman–Crippen MR) is 78.7 cm³/mol. The molecule has 0 radical (unpaired) electrons. The maximum atomic E-state index is 12.1. The van der Waals surface area contributed by atoms with Gasteiger partial charge in [-0.05, 0) is 25.2 Å². The highest BCUT2D eigenvalue weighted by Gasteiger charge is 2.26. The highest BCUT2D eigenvalue weighted by molar-refractivity contribution is 5.82. The average molecular weight is 284 g/mol. The van der Waals surface area contributed by atoms with E-state index in [2.05, 4.69) is 12.2 Å². The molecule has 1 saturated heterocycles. The Morgan fingerprint density at radius 2 is 1.90 bits per heavy atom. The Morgan fingerprint density at radius 3 is 2.40 bits per heavy atom. The predicted octanol–water partition coefficient (Wildman–Crippen LogP) is 2.85. The van der Waals surface area contributed by atoms with Crippen LogP contribution in [-0.4, -0.2) is 41.1 Å². The molecule has 0 bridgehead atoms. The van der Waals surface area contributed by atoms with Crippen LogP contribution in [0.3, 0.4) is 0 Å². The Kier molecular flexibility index (Phi) is 7.41. The summed E-state index contributed by atoms with van der Waals surface area (Å²) in [5.74, 6) is -0.216. The van der Waals surface area contributed by atoms with Gasteiger partial charge in [-0.1, -0.05) is 39.5 Å². The summed E-state index contributed by atoms with van der Waals surface area (Å²) in [7, 11) is 0. The lowest BCUT2D eigenvalue weighted by Gasteiger charge is -2.32. The zero-order chi connectivity index (χ0) is 15.0. The second-order valence-electron chi connectivity index (χ2n) is 5.70. The third-order valence-electron chi connectivity index (χ3n) is 4.04. The first kappa shape index (κ1) is 16.8. The minimum Gasteiger partial charge on any atom is -0.480 e. The fraction of sp³-hybridized carbons (Fsp3) is 0.867. The largest absolute Gasteiger partial charge is 0.480 e. The Hall–Kier alpha value is -1.26. The van der Waals surface area contributed by atoms with Crippen molar-refractivity contribution >= 4 is 12.0 Å². The highest BCUT2D eigenvalue weighted by atomic mass is 16.4. The number of nitrogens with one attached hydrogen (secondary N) is 1. The van der Waals surface area contributed by atoms with Crippen LogP contribution in [-0.2, 0) is 4.79 Å². The monoisotopic (exact) mass is 284 g/mol. The van der Waals surface area contributed by atoms with Gasteiger partial charge < -0.3 is 15.3 Å². The number of carbonyl (C=O) groups excluding carboxylic acids is 1. The number of carboxylic acids is 1. The summed E-state index contributed by atoms with van der Waals surface area (Å²) in [5, 5.41) is 11.8. The van der Waals surface area contributed by atoms with Crippen molar-refractivity contribution in [2.75, 3.05) is 13.1 Å². The van der Waals surface area contributed by atoms with Crippen LogP contribution >= 0.6 is 0 Å². The summed E-state index contributed by atoms with van der Waals surface area (Å²) in [5.41, 5.74) is 0. The quantitative estimate of drug-likeness (QED) is 0.755. The molecule has 20 heavy (non-hydrogen) atoms. The highest BCUT2D eigenvalue weighted by Crippen LogP contribution is 2.21. The van der Waals surface area contributed by atoms with Gasteiger partial charge in [0.05, 0.1) is 0 Å². The first-order valence-electron chi connectivity index (χ1n) is 7.86. The fourth-order valence-electron chi connectivity index (χ4n) is 2.74. The van der Waals surface area contributed by atoms with E-state index in [0.717, 1.165) is 44.7 Å². The van der Waals surface area contributed by atoms with Gasteiger partial charge >= 0.3 is 12.0 Å². The van der Waals surface area contributed by atoms with E-state index in [0.29, 0.717) is 6.42 Å². The van der Waals surface area contributed by atoms with Crippen molar-refractivity contribution in [2.24, 2.45) is 5.92 Å². The van der Waals surface area contributed by atoms with Gasteiger partial charge in [-0.3, -0.25) is 0 Å². The first-order valence-corrected chi connectivity index (χ1v) is 7.86. The number of hydrogen-bond acceptors (Lipinski definition) is 2. The van der Waals surface area contributed by atoms with Gasteiger partial charge in [0, 0.05) is 13.1 Å². The van der Waals surface area contributed by atoms with Gasteiger partial charge in [0.15, 0.2) is 0 Å². The second kappa shape index (κ2) is 8.82. The lowest BCUT2D eigenvalue weighted by molar-refractivity contribution is -0.139. The SMILES string of the molecule is CCCC[C@H](NC(=O)N1CCC(CCC)CC1)C(=O)O. The number of hydrogen-bond donors (Lipinski definition) is 2. The third-order valence-corrected chi connectivity index (χ3v) is 4.04. The van der Waals surface area contributed by atoms with Crippen molar-refractivity contribution in [3.8, 4) is 0 Å². The normalized spacial score (nSPS) is 17.8. The van der Waals surface area contributed by atoms with E-state index in [1.165, 1.54) is 12.8 Å². The van der Waals surface area contributed by atoms with E-state index in [-0.39, 0.29) is 6.03 Å². The maximum Gasteiger partial charge on any atom is 0.326 e. The van der Waals surface area contributed by atoms with Crippen molar-refractivity contribution in [3.05, 3.63) is 0 Å². The molecule has 1 fully saturated rings. The van der Waals surface area contributed by atoms with Crippen LogP contribution in [0, 0.1) is 5.92 Å².